The largest absolute Gasteiger partial charge is 0.271 e. The molecule has 5 heteroatoms. The maximum Gasteiger partial charge on any atom is 0.271 e. The molecule has 0 unspecified atom stereocenters. The summed E-state index contributed by atoms with van der Waals surface area (Å²) in [7, 11) is 0. The summed E-state index contributed by atoms with van der Waals surface area (Å²) in [4.78, 5) is 15.6. The van der Waals surface area contributed by atoms with Crippen LogP contribution in [0.1, 0.15) is 22.8 Å². The number of carbonyl (C=O) groups excluding carboxylic acids is 1. The van der Waals surface area contributed by atoms with E-state index in [1.807, 2.05) is 0 Å². The first-order chi connectivity index (χ1) is 9.16. The first kappa shape index (κ1) is 12.9. The number of benzene rings is 1. The first-order valence-electron chi connectivity index (χ1n) is 5.67. The summed E-state index contributed by atoms with van der Waals surface area (Å²) in [5.74, 6) is -0.675. The molecule has 0 radical (unpaired) electrons. The van der Waals surface area contributed by atoms with Gasteiger partial charge in [0, 0.05) is 23.5 Å². The van der Waals surface area contributed by atoms with Crippen LogP contribution in [-0.2, 0) is 0 Å². The summed E-state index contributed by atoms with van der Waals surface area (Å²) in [6.07, 6.45) is 3.05. The Balaban J connectivity index is 2.09. The van der Waals surface area contributed by atoms with Crippen molar-refractivity contribution in [3.8, 4) is 0 Å². The van der Waals surface area contributed by atoms with E-state index in [4.69, 9.17) is 0 Å². The van der Waals surface area contributed by atoms with Gasteiger partial charge in [-0.15, -0.1) is 0 Å². The minimum Gasteiger partial charge on any atom is -0.267 e. The van der Waals surface area contributed by atoms with Gasteiger partial charge in [-0.2, -0.15) is 5.10 Å². The van der Waals surface area contributed by atoms with Gasteiger partial charge in [0.25, 0.3) is 5.91 Å². The van der Waals surface area contributed by atoms with E-state index >= 15 is 0 Å². The SMILES string of the molecule is C/C(=N/NC(=O)c1ccncc1)c1cccc(F)c1. The second kappa shape index (κ2) is 5.86. The zero-order valence-electron chi connectivity index (χ0n) is 10.3. The van der Waals surface area contributed by atoms with Crippen molar-refractivity contribution in [3.63, 3.8) is 0 Å². The van der Waals surface area contributed by atoms with Gasteiger partial charge in [0.15, 0.2) is 0 Å². The van der Waals surface area contributed by atoms with Crippen molar-refractivity contribution < 1.29 is 9.18 Å². The van der Waals surface area contributed by atoms with Crippen LogP contribution >= 0.6 is 0 Å². The Morgan fingerprint density at radius 1 is 1.21 bits per heavy atom. The van der Waals surface area contributed by atoms with Crippen LogP contribution in [0, 0.1) is 5.82 Å². The molecule has 19 heavy (non-hydrogen) atoms. The Morgan fingerprint density at radius 3 is 2.63 bits per heavy atom. The van der Waals surface area contributed by atoms with Crippen molar-refractivity contribution in [2.75, 3.05) is 0 Å². The lowest BCUT2D eigenvalue weighted by Crippen LogP contribution is -2.19. The molecule has 0 aliphatic heterocycles. The molecule has 0 spiro atoms. The van der Waals surface area contributed by atoms with Crippen molar-refractivity contribution in [1.29, 1.82) is 0 Å². The molecular formula is C14H12FN3O. The quantitative estimate of drug-likeness (QED) is 0.678. The highest BCUT2D eigenvalue weighted by Crippen LogP contribution is 2.04. The molecular weight excluding hydrogens is 245 g/mol. The third-order valence-corrected chi connectivity index (χ3v) is 2.51. The average Bonchev–Trinajstić information content (AvgIpc) is 2.45. The van der Waals surface area contributed by atoms with Crippen molar-refractivity contribution in [2.45, 2.75) is 6.92 Å². The summed E-state index contributed by atoms with van der Waals surface area (Å²) in [5.41, 5.74) is 4.03. The predicted molar refractivity (Wildman–Crippen MR) is 70.3 cm³/mol. The monoisotopic (exact) mass is 257 g/mol. The van der Waals surface area contributed by atoms with E-state index in [9.17, 15) is 9.18 Å². The molecule has 0 fully saturated rings. The van der Waals surface area contributed by atoms with Crippen LogP contribution in [0.15, 0.2) is 53.9 Å². The van der Waals surface area contributed by atoms with Crippen LogP contribution in [0.4, 0.5) is 4.39 Å². The Hall–Kier alpha value is -2.56. The van der Waals surface area contributed by atoms with Crippen LogP contribution in [-0.4, -0.2) is 16.6 Å². The topological polar surface area (TPSA) is 54.4 Å². The van der Waals surface area contributed by atoms with Gasteiger partial charge >= 0.3 is 0 Å². The number of aromatic nitrogens is 1. The number of hydrogen-bond donors (Lipinski definition) is 1. The summed E-state index contributed by atoms with van der Waals surface area (Å²) < 4.78 is 13.0. The highest BCUT2D eigenvalue weighted by Gasteiger charge is 2.04. The molecule has 2 rings (SSSR count). The standard InChI is InChI=1S/C14H12FN3O/c1-10(12-3-2-4-13(15)9-12)17-18-14(19)11-5-7-16-8-6-11/h2-9H,1H3,(H,18,19)/b17-10-. The molecule has 0 saturated heterocycles. The number of nitrogens with one attached hydrogen (secondary N) is 1. The Bertz CT molecular complexity index is 611. The van der Waals surface area contributed by atoms with Crippen LogP contribution in [0.3, 0.4) is 0 Å². The molecule has 1 amide bonds. The van der Waals surface area contributed by atoms with Gasteiger partial charge in [-0.3, -0.25) is 9.78 Å². The molecule has 0 bridgehead atoms. The van der Waals surface area contributed by atoms with Gasteiger partial charge in [-0.1, -0.05) is 12.1 Å². The van der Waals surface area contributed by atoms with Gasteiger partial charge in [0.2, 0.25) is 0 Å². The molecule has 0 aliphatic carbocycles. The number of rotatable bonds is 3. The lowest BCUT2D eigenvalue weighted by molar-refractivity contribution is 0.0954. The summed E-state index contributed by atoms with van der Waals surface area (Å²) in [6.45, 7) is 1.70. The van der Waals surface area contributed by atoms with Crippen molar-refractivity contribution >= 4 is 11.6 Å². The van der Waals surface area contributed by atoms with Crippen molar-refractivity contribution in [3.05, 3.63) is 65.7 Å². The Morgan fingerprint density at radius 2 is 1.95 bits per heavy atom. The lowest BCUT2D eigenvalue weighted by atomic mass is 10.1. The van der Waals surface area contributed by atoms with Crippen LogP contribution < -0.4 is 5.43 Å². The normalized spacial score (nSPS) is 11.2. The van der Waals surface area contributed by atoms with Gasteiger partial charge in [0.05, 0.1) is 5.71 Å². The van der Waals surface area contributed by atoms with E-state index in [0.717, 1.165) is 0 Å². The smallest absolute Gasteiger partial charge is 0.267 e. The zero-order valence-corrected chi connectivity index (χ0v) is 10.3. The molecule has 0 saturated carbocycles. The van der Waals surface area contributed by atoms with E-state index in [1.165, 1.54) is 24.5 Å². The fourth-order valence-electron chi connectivity index (χ4n) is 1.48. The molecule has 4 nitrogen and oxygen atoms in total. The van der Waals surface area contributed by atoms with E-state index in [1.54, 1.807) is 31.2 Å². The molecule has 1 aromatic carbocycles. The minimum absolute atomic E-state index is 0.335. The molecule has 2 aromatic rings. The Kier molecular flexibility index (Phi) is 3.97. The van der Waals surface area contributed by atoms with Crippen LogP contribution in [0.25, 0.3) is 0 Å². The van der Waals surface area contributed by atoms with Gasteiger partial charge in [-0.25, -0.2) is 9.82 Å². The third kappa shape index (κ3) is 3.45. The van der Waals surface area contributed by atoms with Gasteiger partial charge < -0.3 is 0 Å². The highest BCUT2D eigenvalue weighted by atomic mass is 19.1. The first-order valence-corrected chi connectivity index (χ1v) is 5.67. The number of hydrogen-bond acceptors (Lipinski definition) is 3. The minimum atomic E-state index is -0.340. The van der Waals surface area contributed by atoms with Crippen LogP contribution in [0.5, 0.6) is 0 Å². The average molecular weight is 257 g/mol. The maximum absolute atomic E-state index is 13.0. The van der Waals surface area contributed by atoms with Crippen molar-refractivity contribution in [1.82, 2.24) is 10.4 Å². The molecule has 0 aliphatic rings. The number of carbonyl (C=O) groups is 1. The van der Waals surface area contributed by atoms with Gasteiger partial charge in [-0.05, 0) is 31.2 Å². The molecule has 1 N–H and O–H groups in total. The molecule has 1 heterocycles. The fraction of sp³-hybridized carbons (Fsp3) is 0.0714. The van der Waals surface area contributed by atoms with Crippen molar-refractivity contribution in [2.24, 2.45) is 5.10 Å². The predicted octanol–water partition coefficient (Wildman–Crippen LogP) is 2.37. The summed E-state index contributed by atoms with van der Waals surface area (Å²) in [6, 6.07) is 9.20. The second-order valence-electron chi connectivity index (χ2n) is 3.88. The van der Waals surface area contributed by atoms with Gasteiger partial charge in [0.1, 0.15) is 5.82 Å². The zero-order chi connectivity index (χ0) is 13.7. The Labute approximate surface area is 110 Å². The maximum atomic E-state index is 13.0. The molecule has 0 atom stereocenters. The van der Waals surface area contributed by atoms with E-state index < -0.39 is 0 Å². The number of amides is 1. The van der Waals surface area contributed by atoms with E-state index in [2.05, 4.69) is 15.5 Å². The number of pyridine rings is 1. The number of hydrazone groups is 1. The lowest BCUT2D eigenvalue weighted by Gasteiger charge is -2.03. The molecule has 1 aromatic heterocycles. The fourth-order valence-corrected chi connectivity index (χ4v) is 1.48. The third-order valence-electron chi connectivity index (χ3n) is 2.51. The van der Waals surface area contributed by atoms with Crippen LogP contribution in [0.2, 0.25) is 0 Å². The summed E-state index contributed by atoms with van der Waals surface area (Å²) in [5, 5.41) is 3.94. The van der Waals surface area contributed by atoms with E-state index in [0.29, 0.717) is 16.8 Å². The molecule has 96 valence electrons. The summed E-state index contributed by atoms with van der Waals surface area (Å²) >= 11 is 0. The highest BCUT2D eigenvalue weighted by molar-refractivity contribution is 6.00. The number of halogens is 1. The van der Waals surface area contributed by atoms with E-state index in [-0.39, 0.29) is 11.7 Å². The number of nitrogens with zero attached hydrogens (tertiary/aromatic N) is 2. The second-order valence-corrected chi connectivity index (χ2v) is 3.88.